The second-order valence-corrected chi connectivity index (χ2v) is 5.62. The van der Waals surface area contributed by atoms with E-state index in [1.807, 2.05) is 13.8 Å². The number of hydrogen-bond donors (Lipinski definition) is 4. The molecule has 0 saturated heterocycles. The van der Waals surface area contributed by atoms with Gasteiger partial charge in [0.1, 0.15) is 12.6 Å². The molecule has 0 saturated carbocycles. The molecule has 0 bridgehead atoms. The van der Waals surface area contributed by atoms with Crippen molar-refractivity contribution >= 4 is 12.6 Å². The summed E-state index contributed by atoms with van der Waals surface area (Å²) in [5.41, 5.74) is -1.44. The van der Waals surface area contributed by atoms with Crippen molar-refractivity contribution in [3.63, 3.8) is 0 Å². The summed E-state index contributed by atoms with van der Waals surface area (Å²) in [6.45, 7) is 9.92. The Labute approximate surface area is 131 Å². The van der Waals surface area contributed by atoms with E-state index in [0.29, 0.717) is 0 Å². The fourth-order valence-corrected chi connectivity index (χ4v) is 0.0373. The highest BCUT2D eigenvalue weighted by Gasteiger charge is 2.12. The maximum Gasteiger partial charge on any atom is 0.127 e. The Morgan fingerprint density at radius 1 is 1.00 bits per heavy atom. The van der Waals surface area contributed by atoms with Crippen molar-refractivity contribution in [1.29, 1.82) is 0 Å². The van der Waals surface area contributed by atoms with Crippen LogP contribution >= 0.6 is 0 Å². The highest BCUT2D eigenvalue weighted by molar-refractivity contribution is 5.57. The lowest BCUT2D eigenvalue weighted by Crippen LogP contribution is -2.23. The third kappa shape index (κ3) is 54.6. The average molecular weight is 314 g/mol. The minimum Gasteiger partial charge on any atom is -0.400 e. The largest absolute Gasteiger partial charge is 0.400 e. The van der Waals surface area contributed by atoms with Gasteiger partial charge in [-0.3, -0.25) is 0 Å². The first-order chi connectivity index (χ1) is 8.95. The Kier molecular flexibility index (Phi) is 29.4. The van der Waals surface area contributed by atoms with E-state index >= 15 is 0 Å². The Morgan fingerprint density at radius 3 is 1.24 bits per heavy atom. The number of rotatable bonds is 4. The quantitative estimate of drug-likeness (QED) is 0.581. The SMILES string of the molecule is C.CC(C)(C=O)CO.CC(C)(O)CO.CC(C)C=O.CO.[HH]. The molecule has 0 unspecified atom stereocenters. The van der Waals surface area contributed by atoms with E-state index in [4.69, 9.17) is 20.4 Å². The van der Waals surface area contributed by atoms with E-state index in [9.17, 15) is 9.59 Å². The maximum absolute atomic E-state index is 9.90. The van der Waals surface area contributed by atoms with E-state index < -0.39 is 11.0 Å². The van der Waals surface area contributed by atoms with Gasteiger partial charge in [-0.2, -0.15) is 0 Å². The molecule has 0 fully saturated rings. The number of aliphatic hydroxyl groups is 4. The molecule has 0 heterocycles. The second kappa shape index (κ2) is 19.2. The summed E-state index contributed by atoms with van der Waals surface area (Å²) in [5.74, 6) is 0.204. The lowest BCUT2D eigenvalue weighted by Gasteiger charge is -2.10. The lowest BCUT2D eigenvalue weighted by atomic mass is 9.98. The van der Waals surface area contributed by atoms with Gasteiger partial charge in [-0.1, -0.05) is 35.1 Å². The molecule has 4 N–H and O–H groups in total. The molecular weight excluding hydrogens is 276 g/mol. The first-order valence-corrected chi connectivity index (χ1v) is 6.26. The third-order valence-electron chi connectivity index (χ3n) is 1.39. The predicted octanol–water partition coefficient (Wildman–Crippen LogP) is 1.29. The van der Waals surface area contributed by atoms with Crippen molar-refractivity contribution in [2.45, 2.75) is 54.6 Å². The first kappa shape index (κ1) is 32.2. The van der Waals surface area contributed by atoms with Gasteiger partial charge >= 0.3 is 0 Å². The van der Waals surface area contributed by atoms with E-state index in [0.717, 1.165) is 19.7 Å². The summed E-state index contributed by atoms with van der Waals surface area (Å²) >= 11 is 0. The molecule has 6 nitrogen and oxygen atoms in total. The fourth-order valence-electron chi connectivity index (χ4n) is 0.0373. The van der Waals surface area contributed by atoms with Gasteiger partial charge in [-0.05, 0) is 13.8 Å². The van der Waals surface area contributed by atoms with E-state index in [1.54, 1.807) is 27.7 Å². The van der Waals surface area contributed by atoms with Crippen LogP contribution in [-0.4, -0.2) is 58.9 Å². The highest BCUT2D eigenvalue weighted by Crippen LogP contribution is 2.06. The van der Waals surface area contributed by atoms with Gasteiger partial charge in [0, 0.05) is 19.9 Å². The van der Waals surface area contributed by atoms with Crippen molar-refractivity contribution in [1.82, 2.24) is 0 Å². The van der Waals surface area contributed by atoms with Gasteiger partial charge in [0.2, 0.25) is 0 Å². The molecule has 0 aliphatic rings. The number of carbonyl (C=O) groups is 2. The van der Waals surface area contributed by atoms with Gasteiger partial charge < -0.3 is 30.0 Å². The van der Waals surface area contributed by atoms with E-state index in [-0.39, 0.29) is 28.0 Å². The molecule has 0 amide bonds. The average Bonchev–Trinajstić information content (AvgIpc) is 2.41. The van der Waals surface area contributed by atoms with Gasteiger partial charge in [0.25, 0.3) is 0 Å². The maximum atomic E-state index is 9.90. The topological polar surface area (TPSA) is 115 Å². The van der Waals surface area contributed by atoms with Crippen LogP contribution in [0.4, 0.5) is 0 Å². The number of aliphatic hydroxyl groups excluding tert-OH is 3. The number of aldehydes is 2. The first-order valence-electron chi connectivity index (χ1n) is 6.26. The molecule has 0 spiro atoms. The van der Waals surface area contributed by atoms with Crippen LogP contribution in [0.2, 0.25) is 0 Å². The van der Waals surface area contributed by atoms with Crippen LogP contribution in [0.15, 0.2) is 0 Å². The minimum atomic E-state index is -0.903. The smallest absolute Gasteiger partial charge is 0.127 e. The number of hydrogen-bond acceptors (Lipinski definition) is 6. The molecule has 6 heteroatoms. The highest BCUT2D eigenvalue weighted by atomic mass is 16.3. The van der Waals surface area contributed by atoms with Crippen molar-refractivity contribution in [2.75, 3.05) is 20.3 Å². The number of carbonyl (C=O) groups excluding carboxylic acids is 2. The van der Waals surface area contributed by atoms with Crippen LogP contribution < -0.4 is 0 Å². The molecule has 0 aliphatic heterocycles. The monoisotopic (exact) mass is 314 g/mol. The van der Waals surface area contributed by atoms with Crippen LogP contribution in [0.25, 0.3) is 0 Å². The van der Waals surface area contributed by atoms with Crippen LogP contribution in [0.1, 0.15) is 50.4 Å². The zero-order valence-corrected chi connectivity index (χ0v) is 13.8. The van der Waals surface area contributed by atoms with Crippen LogP contribution in [-0.2, 0) is 9.59 Å². The minimum absolute atomic E-state index is 0. The zero-order valence-electron chi connectivity index (χ0n) is 13.8. The van der Waals surface area contributed by atoms with Gasteiger partial charge in [-0.25, -0.2) is 0 Å². The zero-order chi connectivity index (χ0) is 17.4. The summed E-state index contributed by atoms with van der Waals surface area (Å²) in [5, 5.41) is 32.1. The van der Waals surface area contributed by atoms with E-state index in [1.165, 1.54) is 0 Å². The fraction of sp³-hybridized carbons (Fsp3) is 0.867. The van der Waals surface area contributed by atoms with Crippen molar-refractivity contribution in [3.8, 4) is 0 Å². The molecule has 21 heavy (non-hydrogen) atoms. The second-order valence-electron chi connectivity index (χ2n) is 5.62. The van der Waals surface area contributed by atoms with Gasteiger partial charge in [0.15, 0.2) is 0 Å². The molecule has 0 atom stereocenters. The molecule has 134 valence electrons. The predicted molar refractivity (Wildman–Crippen MR) is 88.2 cm³/mol. The van der Waals surface area contributed by atoms with Crippen molar-refractivity contribution in [2.24, 2.45) is 11.3 Å². The molecule has 0 rings (SSSR count). The molecule has 0 aliphatic carbocycles. The lowest BCUT2D eigenvalue weighted by molar-refractivity contribution is -0.116. The van der Waals surface area contributed by atoms with Crippen LogP contribution in [0.3, 0.4) is 0 Å². The normalized spacial score (nSPS) is 9.52. The van der Waals surface area contributed by atoms with Crippen molar-refractivity contribution < 1.29 is 31.4 Å². The molecule has 0 radical (unpaired) electrons. The van der Waals surface area contributed by atoms with Crippen molar-refractivity contribution in [3.05, 3.63) is 0 Å². The standard InChI is InChI=1S/C5H10O2.C4H10O2.C4H8O.CH4O.CH4.H2/c1-5(2,3-6)4-7;1-4(2,6)3-5;1-4(2)3-5;1-2;;/h3,7H,4H2,1-2H3;5-6H,3H2,1-2H3;3-4H,1-2H3;2H,1H3;1H4;1H. The summed E-state index contributed by atoms with van der Waals surface area (Å²) < 4.78 is 0. The third-order valence-corrected chi connectivity index (χ3v) is 1.39. The summed E-state index contributed by atoms with van der Waals surface area (Å²) in [7, 11) is 1.00. The van der Waals surface area contributed by atoms with Gasteiger partial charge in [-0.15, -0.1) is 0 Å². The van der Waals surface area contributed by atoms with Gasteiger partial charge in [0.05, 0.1) is 18.8 Å². The van der Waals surface area contributed by atoms with Crippen LogP contribution in [0.5, 0.6) is 0 Å². The summed E-state index contributed by atoms with van der Waals surface area (Å²) in [6, 6.07) is 0. The van der Waals surface area contributed by atoms with E-state index in [2.05, 4.69) is 0 Å². The Bertz CT molecular complexity index is 213. The molecule has 0 aromatic carbocycles. The molecule has 0 aromatic heterocycles. The summed E-state index contributed by atoms with van der Waals surface area (Å²) in [6.07, 6.45) is 1.66. The molecular formula is C15H38O6. The Hall–Kier alpha value is -0.820. The summed E-state index contributed by atoms with van der Waals surface area (Å²) in [4.78, 5) is 19.4. The Balaban J connectivity index is -0.0000000399. The Morgan fingerprint density at radius 2 is 1.24 bits per heavy atom. The van der Waals surface area contributed by atoms with Crippen LogP contribution in [0, 0.1) is 11.3 Å². The molecule has 0 aromatic rings.